The Bertz CT molecular complexity index is 792. The summed E-state index contributed by atoms with van der Waals surface area (Å²) >= 11 is 0. The van der Waals surface area contributed by atoms with Crippen molar-refractivity contribution in [1.29, 1.82) is 5.26 Å². The lowest BCUT2D eigenvalue weighted by Gasteiger charge is -2.33. The van der Waals surface area contributed by atoms with Crippen molar-refractivity contribution in [1.82, 2.24) is 0 Å². The second-order valence-electron chi connectivity index (χ2n) is 6.14. The molecule has 6 nitrogen and oxygen atoms in total. The van der Waals surface area contributed by atoms with Crippen LogP contribution in [0.1, 0.15) is 5.56 Å². The van der Waals surface area contributed by atoms with E-state index in [2.05, 4.69) is 16.3 Å². The van der Waals surface area contributed by atoms with Crippen molar-refractivity contribution in [2.45, 2.75) is 0 Å². The summed E-state index contributed by atoms with van der Waals surface area (Å²) in [5, 5.41) is 21.7. The second kappa shape index (κ2) is 7.69. The van der Waals surface area contributed by atoms with E-state index in [0.29, 0.717) is 23.5 Å². The molecule has 1 fully saturated rings. The van der Waals surface area contributed by atoms with Crippen molar-refractivity contribution in [2.75, 3.05) is 42.9 Å². The number of amides is 1. The fraction of sp³-hybridized carbons (Fsp3) is 0.263. The summed E-state index contributed by atoms with van der Waals surface area (Å²) in [4.78, 5) is 15.6. The number of phenols is 1. The molecule has 3 N–H and O–H groups in total. The summed E-state index contributed by atoms with van der Waals surface area (Å²) in [5.41, 5.74) is 2.03. The molecule has 0 aromatic heterocycles. The first-order valence-electron chi connectivity index (χ1n) is 8.32. The number of carbonyl (C=O) groups is 1. The van der Waals surface area contributed by atoms with Gasteiger partial charge in [-0.3, -0.25) is 4.79 Å². The van der Waals surface area contributed by atoms with Gasteiger partial charge >= 0.3 is 0 Å². The first kappa shape index (κ1) is 16.8. The molecule has 0 aliphatic carbocycles. The van der Waals surface area contributed by atoms with Crippen LogP contribution in [0.25, 0.3) is 0 Å². The molecule has 25 heavy (non-hydrogen) atoms. The summed E-state index contributed by atoms with van der Waals surface area (Å²) in [7, 11) is 0. The zero-order chi connectivity index (χ0) is 17.6. The molecular weight excluding hydrogens is 316 g/mol. The smallest absolute Gasteiger partial charge is 0.279 e. The highest BCUT2D eigenvalue weighted by atomic mass is 16.3. The van der Waals surface area contributed by atoms with Crippen molar-refractivity contribution in [3.8, 4) is 11.8 Å². The van der Waals surface area contributed by atoms with Crippen LogP contribution in [0.5, 0.6) is 5.75 Å². The van der Waals surface area contributed by atoms with Crippen LogP contribution in [0.15, 0.2) is 48.5 Å². The number of benzene rings is 2. The van der Waals surface area contributed by atoms with Crippen LogP contribution < -0.4 is 15.1 Å². The van der Waals surface area contributed by atoms with E-state index in [0.717, 1.165) is 31.9 Å². The van der Waals surface area contributed by atoms with Gasteiger partial charge < -0.3 is 20.2 Å². The lowest BCUT2D eigenvalue weighted by atomic mass is 10.2. The Morgan fingerprint density at radius 1 is 1.20 bits per heavy atom. The number of carbonyl (C=O) groups excluding carboxylic acids is 1. The molecule has 0 saturated carbocycles. The van der Waals surface area contributed by atoms with E-state index in [9.17, 15) is 9.90 Å². The van der Waals surface area contributed by atoms with Crippen molar-refractivity contribution in [2.24, 2.45) is 0 Å². The van der Waals surface area contributed by atoms with Crippen molar-refractivity contribution < 1.29 is 14.8 Å². The molecule has 0 spiro atoms. The molecule has 6 heteroatoms. The van der Waals surface area contributed by atoms with Crippen LogP contribution in [0.3, 0.4) is 0 Å². The van der Waals surface area contributed by atoms with Gasteiger partial charge in [0.05, 0.1) is 43.5 Å². The Labute approximate surface area is 146 Å². The Morgan fingerprint density at radius 3 is 2.68 bits per heavy atom. The minimum Gasteiger partial charge on any atom is -0.506 e. The first-order valence-corrected chi connectivity index (χ1v) is 8.32. The number of rotatable bonds is 4. The molecule has 128 valence electrons. The number of hydrogen-bond acceptors (Lipinski definition) is 4. The van der Waals surface area contributed by atoms with Crippen molar-refractivity contribution in [3.63, 3.8) is 0 Å². The third-order valence-electron chi connectivity index (χ3n) is 4.38. The van der Waals surface area contributed by atoms with Crippen LogP contribution in [0, 0.1) is 11.3 Å². The Balaban J connectivity index is 1.51. The maximum Gasteiger partial charge on any atom is 0.279 e. The summed E-state index contributed by atoms with van der Waals surface area (Å²) in [6.07, 6.45) is 0. The van der Waals surface area contributed by atoms with E-state index < -0.39 is 0 Å². The van der Waals surface area contributed by atoms with E-state index in [1.54, 1.807) is 30.3 Å². The van der Waals surface area contributed by atoms with Gasteiger partial charge in [-0.2, -0.15) is 5.26 Å². The van der Waals surface area contributed by atoms with E-state index in [1.165, 1.54) is 4.90 Å². The number of piperazine rings is 1. The van der Waals surface area contributed by atoms with Gasteiger partial charge in [-0.25, -0.2) is 0 Å². The van der Waals surface area contributed by atoms with Gasteiger partial charge in [0.25, 0.3) is 5.91 Å². The summed E-state index contributed by atoms with van der Waals surface area (Å²) in [6, 6.07) is 16.3. The molecule has 0 atom stereocenters. The predicted molar refractivity (Wildman–Crippen MR) is 95.7 cm³/mol. The zero-order valence-electron chi connectivity index (χ0n) is 13.9. The number of anilines is 2. The summed E-state index contributed by atoms with van der Waals surface area (Å²) in [6.45, 7) is 3.65. The summed E-state index contributed by atoms with van der Waals surface area (Å²) in [5.74, 6) is 0.238. The number of nitriles is 1. The molecule has 0 bridgehead atoms. The number of hydrogen-bond donors (Lipinski definition) is 3. The monoisotopic (exact) mass is 337 g/mol. The number of nitrogens with zero attached hydrogens (tertiary/aromatic N) is 2. The molecule has 2 aromatic rings. The third-order valence-corrected chi connectivity index (χ3v) is 4.38. The molecule has 1 heterocycles. The minimum absolute atomic E-state index is 0.0545. The molecule has 1 aliphatic rings. The minimum atomic E-state index is -0.0545. The number of phenolic OH excluding ortho intramolecular Hbond substituents is 1. The topological polar surface area (TPSA) is 80.8 Å². The van der Waals surface area contributed by atoms with Crippen LogP contribution in [-0.2, 0) is 4.79 Å². The van der Waals surface area contributed by atoms with Gasteiger partial charge in [-0.15, -0.1) is 0 Å². The van der Waals surface area contributed by atoms with E-state index in [4.69, 9.17) is 5.26 Å². The second-order valence-corrected chi connectivity index (χ2v) is 6.14. The number of aromatic hydroxyl groups is 1. The highest BCUT2D eigenvalue weighted by Gasteiger charge is 2.23. The van der Waals surface area contributed by atoms with Gasteiger partial charge in [-0.1, -0.05) is 18.2 Å². The van der Waals surface area contributed by atoms with Crippen molar-refractivity contribution in [3.05, 3.63) is 54.1 Å². The molecule has 0 radical (unpaired) electrons. The Morgan fingerprint density at radius 2 is 1.96 bits per heavy atom. The normalized spacial score (nSPS) is 14.8. The van der Waals surface area contributed by atoms with Crippen LogP contribution in [0.4, 0.5) is 11.4 Å². The van der Waals surface area contributed by atoms with Gasteiger partial charge in [0.15, 0.2) is 6.54 Å². The number of quaternary nitrogens is 1. The fourth-order valence-electron chi connectivity index (χ4n) is 3.07. The van der Waals surface area contributed by atoms with Crippen LogP contribution >= 0.6 is 0 Å². The van der Waals surface area contributed by atoms with E-state index >= 15 is 0 Å². The lowest BCUT2D eigenvalue weighted by Crippen LogP contribution is -3.15. The van der Waals surface area contributed by atoms with E-state index in [-0.39, 0.29) is 5.91 Å². The largest absolute Gasteiger partial charge is 0.506 e. The first-order chi connectivity index (χ1) is 12.2. The molecule has 2 aromatic carbocycles. The maximum absolute atomic E-state index is 12.2. The lowest BCUT2D eigenvalue weighted by molar-refractivity contribution is -0.892. The van der Waals surface area contributed by atoms with E-state index in [1.807, 2.05) is 18.2 Å². The van der Waals surface area contributed by atoms with Gasteiger partial charge in [0.1, 0.15) is 5.75 Å². The summed E-state index contributed by atoms with van der Waals surface area (Å²) < 4.78 is 0. The maximum atomic E-state index is 12.2. The molecule has 1 aliphatic heterocycles. The molecule has 1 saturated heterocycles. The SMILES string of the molecule is N#Cc1cccc(NC(=O)C[NH+]2CCN(c3ccccc3O)CC2)c1. The quantitative estimate of drug-likeness (QED) is 0.764. The number of para-hydroxylation sites is 2. The van der Waals surface area contributed by atoms with Gasteiger partial charge in [-0.05, 0) is 30.3 Å². The predicted octanol–water partition coefficient (Wildman–Crippen LogP) is 0.607. The highest BCUT2D eigenvalue weighted by molar-refractivity contribution is 5.91. The Hall–Kier alpha value is -3.04. The average Bonchev–Trinajstić information content (AvgIpc) is 2.63. The standard InChI is InChI=1S/C19H20N4O2/c20-13-15-4-3-5-16(12-15)21-19(25)14-22-8-10-23(11-9-22)17-6-1-2-7-18(17)24/h1-7,12,24H,8-11,14H2,(H,21,25)/p+1. The Kier molecular flexibility index (Phi) is 5.17. The zero-order valence-corrected chi connectivity index (χ0v) is 13.9. The molecule has 1 amide bonds. The van der Waals surface area contributed by atoms with Gasteiger partial charge in [0.2, 0.25) is 0 Å². The number of nitrogens with one attached hydrogen (secondary N) is 2. The fourth-order valence-corrected chi connectivity index (χ4v) is 3.07. The van der Waals surface area contributed by atoms with Crippen LogP contribution in [-0.4, -0.2) is 43.7 Å². The van der Waals surface area contributed by atoms with Crippen molar-refractivity contribution >= 4 is 17.3 Å². The average molecular weight is 337 g/mol. The van der Waals surface area contributed by atoms with Crippen LogP contribution in [0.2, 0.25) is 0 Å². The third kappa shape index (κ3) is 4.28. The molecule has 3 rings (SSSR count). The highest BCUT2D eigenvalue weighted by Crippen LogP contribution is 2.25. The van der Waals surface area contributed by atoms with Gasteiger partial charge in [0, 0.05) is 5.69 Å². The molecule has 0 unspecified atom stereocenters. The molecular formula is C19H21N4O2+.